The van der Waals surface area contributed by atoms with Gasteiger partial charge < -0.3 is 9.73 Å². The maximum atomic E-state index is 12.7. The van der Waals surface area contributed by atoms with E-state index in [9.17, 15) is 4.79 Å². The summed E-state index contributed by atoms with van der Waals surface area (Å²) in [5, 5.41) is 12.4. The lowest BCUT2D eigenvalue weighted by molar-refractivity contribution is -0.120. The molecule has 202 valence electrons. The van der Waals surface area contributed by atoms with Gasteiger partial charge in [0.15, 0.2) is 0 Å². The van der Waals surface area contributed by atoms with Crippen LogP contribution in [0.4, 0.5) is 0 Å². The van der Waals surface area contributed by atoms with Gasteiger partial charge in [0.05, 0.1) is 16.5 Å². The molecule has 5 rings (SSSR count). The predicted octanol–water partition coefficient (Wildman–Crippen LogP) is 6.90. The number of carbonyl (C=O) groups is 1. The molecule has 1 fully saturated rings. The number of nitrogens with zero attached hydrogens (tertiary/aromatic N) is 3. The Morgan fingerprint density at radius 3 is 2.33 bits per heavy atom. The van der Waals surface area contributed by atoms with Crippen molar-refractivity contribution in [2.45, 2.75) is 39.7 Å². The van der Waals surface area contributed by atoms with Gasteiger partial charge in [0.25, 0.3) is 0 Å². The molecule has 1 aliphatic rings. The van der Waals surface area contributed by atoms with Crippen LogP contribution in [0.2, 0.25) is 10.0 Å². The number of piperidine rings is 1. The van der Waals surface area contributed by atoms with E-state index in [1.54, 1.807) is 6.92 Å². The minimum atomic E-state index is 0.0610. The number of aromatic nitrogens is 2. The smallest absolute Gasteiger partial charge is 0.247 e. The minimum absolute atomic E-state index is 0.0610. The summed E-state index contributed by atoms with van der Waals surface area (Å²) in [6.07, 6.45) is 2.51. The lowest BCUT2D eigenvalue weighted by atomic mass is 9.96. The van der Waals surface area contributed by atoms with E-state index in [0.29, 0.717) is 34.2 Å². The molecule has 0 radical (unpaired) electrons. The monoisotopic (exact) mass is 562 g/mol. The van der Waals surface area contributed by atoms with Crippen LogP contribution in [-0.2, 0) is 17.8 Å². The van der Waals surface area contributed by atoms with Crippen LogP contribution in [0.25, 0.3) is 22.6 Å². The molecule has 0 bridgehead atoms. The summed E-state index contributed by atoms with van der Waals surface area (Å²) < 4.78 is 5.59. The van der Waals surface area contributed by atoms with E-state index in [1.165, 1.54) is 5.56 Å². The highest BCUT2D eigenvalue weighted by atomic mass is 35.5. The summed E-state index contributed by atoms with van der Waals surface area (Å²) in [6.45, 7) is 7.47. The van der Waals surface area contributed by atoms with Crippen LogP contribution < -0.4 is 5.32 Å². The predicted molar refractivity (Wildman–Crippen MR) is 156 cm³/mol. The average molecular weight is 564 g/mol. The molecule has 1 saturated heterocycles. The molecular formula is C31H32Cl2N4O2. The Morgan fingerprint density at radius 2 is 1.64 bits per heavy atom. The summed E-state index contributed by atoms with van der Waals surface area (Å²) in [5.74, 6) is 1.62. The zero-order valence-corrected chi connectivity index (χ0v) is 23.7. The van der Waals surface area contributed by atoms with E-state index in [4.69, 9.17) is 27.6 Å². The van der Waals surface area contributed by atoms with Crippen molar-refractivity contribution in [3.63, 3.8) is 0 Å². The van der Waals surface area contributed by atoms with E-state index in [-0.39, 0.29) is 5.91 Å². The first-order valence-electron chi connectivity index (χ1n) is 13.3. The number of hydrogen-bond acceptors (Lipinski definition) is 5. The molecule has 1 N–H and O–H groups in total. The maximum Gasteiger partial charge on any atom is 0.247 e. The molecule has 3 aromatic carbocycles. The second-order valence-electron chi connectivity index (χ2n) is 10.3. The van der Waals surface area contributed by atoms with E-state index in [2.05, 4.69) is 51.6 Å². The molecule has 1 aliphatic heterocycles. The molecule has 1 amide bonds. The summed E-state index contributed by atoms with van der Waals surface area (Å²) >= 11 is 12.2. The number of aryl methyl sites for hydroxylation is 2. The first-order valence-corrected chi connectivity index (χ1v) is 14.0. The molecule has 1 aromatic heterocycles. The molecule has 0 spiro atoms. The fourth-order valence-corrected chi connectivity index (χ4v) is 5.35. The third-order valence-corrected chi connectivity index (χ3v) is 8.06. The topological polar surface area (TPSA) is 71.3 Å². The fourth-order valence-electron chi connectivity index (χ4n) is 5.03. The van der Waals surface area contributed by atoms with Gasteiger partial charge in [-0.2, -0.15) is 0 Å². The maximum absolute atomic E-state index is 12.7. The minimum Gasteiger partial charge on any atom is -0.421 e. The van der Waals surface area contributed by atoms with Crippen molar-refractivity contribution in [2.75, 3.05) is 19.6 Å². The lowest BCUT2D eigenvalue weighted by Crippen LogP contribution is -2.38. The first kappa shape index (κ1) is 27.4. The van der Waals surface area contributed by atoms with Crippen LogP contribution in [0.3, 0.4) is 0 Å². The van der Waals surface area contributed by atoms with Crippen molar-refractivity contribution < 1.29 is 9.21 Å². The summed E-state index contributed by atoms with van der Waals surface area (Å²) in [4.78, 5) is 15.1. The number of rotatable bonds is 8. The van der Waals surface area contributed by atoms with E-state index in [0.717, 1.165) is 66.8 Å². The Kier molecular flexibility index (Phi) is 8.66. The molecule has 0 aliphatic carbocycles. The highest BCUT2D eigenvalue weighted by molar-refractivity contribution is 6.42. The normalized spacial score (nSPS) is 14.5. The van der Waals surface area contributed by atoms with Crippen LogP contribution in [-0.4, -0.2) is 40.6 Å². The third-order valence-electron chi connectivity index (χ3n) is 7.33. The largest absolute Gasteiger partial charge is 0.421 e. The molecule has 8 heteroatoms. The number of benzene rings is 3. The average Bonchev–Trinajstić information content (AvgIpc) is 3.37. The SMILES string of the molecule is Cc1nnc(-c2ccc(C)c(-c3ccc(CC(=O)NCC4CCN(Cc5ccc(Cl)c(Cl)c5)CC4)cc3)c2)o1. The van der Waals surface area contributed by atoms with Gasteiger partial charge in [-0.05, 0) is 90.9 Å². The van der Waals surface area contributed by atoms with Crippen molar-refractivity contribution in [3.05, 3.63) is 93.3 Å². The van der Waals surface area contributed by atoms with E-state index < -0.39 is 0 Å². The second kappa shape index (κ2) is 12.3. The lowest BCUT2D eigenvalue weighted by Gasteiger charge is -2.32. The van der Waals surface area contributed by atoms with Gasteiger partial charge in [-0.25, -0.2) is 0 Å². The fraction of sp³-hybridized carbons (Fsp3) is 0.323. The van der Waals surface area contributed by atoms with Gasteiger partial charge in [0, 0.05) is 25.6 Å². The summed E-state index contributed by atoms with van der Waals surface area (Å²) in [7, 11) is 0. The highest BCUT2D eigenvalue weighted by Crippen LogP contribution is 2.29. The van der Waals surface area contributed by atoms with Gasteiger partial charge in [0.2, 0.25) is 17.7 Å². The Morgan fingerprint density at radius 1 is 0.923 bits per heavy atom. The Labute approximate surface area is 239 Å². The van der Waals surface area contributed by atoms with Crippen LogP contribution in [0.5, 0.6) is 0 Å². The zero-order chi connectivity index (χ0) is 27.4. The van der Waals surface area contributed by atoms with Gasteiger partial charge in [0.1, 0.15) is 0 Å². The number of hydrogen-bond donors (Lipinski definition) is 1. The van der Waals surface area contributed by atoms with Gasteiger partial charge in [-0.15, -0.1) is 10.2 Å². The van der Waals surface area contributed by atoms with Crippen molar-refractivity contribution in [1.82, 2.24) is 20.4 Å². The zero-order valence-electron chi connectivity index (χ0n) is 22.2. The number of likely N-dealkylation sites (tertiary alicyclic amines) is 1. The first-order chi connectivity index (χ1) is 18.8. The number of halogens is 2. The molecule has 0 saturated carbocycles. The molecule has 0 atom stereocenters. The van der Waals surface area contributed by atoms with Crippen molar-refractivity contribution in [3.8, 4) is 22.6 Å². The number of carbonyl (C=O) groups excluding carboxylic acids is 1. The molecule has 6 nitrogen and oxygen atoms in total. The molecule has 0 unspecified atom stereocenters. The van der Waals surface area contributed by atoms with Crippen LogP contribution in [0, 0.1) is 19.8 Å². The van der Waals surface area contributed by atoms with Crippen molar-refractivity contribution >= 4 is 29.1 Å². The van der Waals surface area contributed by atoms with Gasteiger partial charge in [-0.1, -0.05) is 59.6 Å². The van der Waals surface area contributed by atoms with Crippen molar-refractivity contribution in [2.24, 2.45) is 5.92 Å². The Hall–Kier alpha value is -3.19. The second-order valence-corrected chi connectivity index (χ2v) is 11.1. The molecule has 2 heterocycles. The summed E-state index contributed by atoms with van der Waals surface area (Å²) in [6, 6.07) is 20.1. The molecule has 39 heavy (non-hydrogen) atoms. The van der Waals surface area contributed by atoms with E-state index >= 15 is 0 Å². The number of nitrogens with one attached hydrogen (secondary N) is 1. The Bertz CT molecular complexity index is 1440. The van der Waals surface area contributed by atoms with E-state index in [1.807, 2.05) is 36.4 Å². The molecule has 4 aromatic rings. The summed E-state index contributed by atoms with van der Waals surface area (Å²) in [5.41, 5.74) is 6.40. The molecular weight excluding hydrogens is 531 g/mol. The quantitative estimate of drug-likeness (QED) is 0.253. The van der Waals surface area contributed by atoms with Gasteiger partial charge >= 0.3 is 0 Å². The van der Waals surface area contributed by atoms with Crippen LogP contribution >= 0.6 is 23.2 Å². The number of amides is 1. The van der Waals surface area contributed by atoms with Crippen molar-refractivity contribution in [1.29, 1.82) is 0 Å². The van der Waals surface area contributed by atoms with Crippen LogP contribution in [0.1, 0.15) is 35.4 Å². The third kappa shape index (κ3) is 7.07. The highest BCUT2D eigenvalue weighted by Gasteiger charge is 2.20. The standard InChI is InChI=1S/C31H32Cl2N4O2/c1-20-3-7-26(31-36-35-21(2)39-31)17-27(20)25-8-4-22(5-9-25)16-30(38)34-18-23-11-13-37(14-12-23)19-24-6-10-28(32)29(33)15-24/h3-10,15,17,23H,11-14,16,18-19H2,1-2H3,(H,34,38). The van der Waals surface area contributed by atoms with Gasteiger partial charge in [-0.3, -0.25) is 9.69 Å². The Balaban J connectivity index is 1.09. The van der Waals surface area contributed by atoms with Crippen LogP contribution in [0.15, 0.2) is 65.1 Å².